The lowest BCUT2D eigenvalue weighted by molar-refractivity contribution is -0.325. The van der Waals surface area contributed by atoms with Crippen molar-refractivity contribution >= 4 is 0 Å². The number of ether oxygens (including phenoxy) is 5. The molecule has 42 heavy (non-hydrogen) atoms. The van der Waals surface area contributed by atoms with E-state index in [4.69, 9.17) is 23.7 Å². The second-order valence-corrected chi connectivity index (χ2v) is 10.3. The highest BCUT2D eigenvalue weighted by atomic mass is 16.7. The standard InChI is InChI=1S/C35H38O7/c36-30(25-38-21-26-13-5-1-6-14-26)31-32(39-22-27-15-7-2-8-16-27)33(40-23-28-17-9-3-10-18-28)34(35(37)42-31)41-24-29-19-11-4-12-20-29/h1-20,30-37H,21-25H2/t30-,31-,32-,33+,34-,35+/m1/s1. The summed E-state index contributed by atoms with van der Waals surface area (Å²) < 4.78 is 31.0. The van der Waals surface area contributed by atoms with Gasteiger partial charge in [0.1, 0.15) is 30.5 Å². The molecule has 0 amide bonds. The summed E-state index contributed by atoms with van der Waals surface area (Å²) in [5.41, 5.74) is 3.86. The van der Waals surface area contributed by atoms with Gasteiger partial charge < -0.3 is 33.9 Å². The summed E-state index contributed by atoms with van der Waals surface area (Å²) in [5.74, 6) is 0. The maximum atomic E-state index is 11.3. The van der Waals surface area contributed by atoms with Crippen LogP contribution in [0.1, 0.15) is 22.3 Å². The maximum Gasteiger partial charge on any atom is 0.184 e. The molecule has 0 aromatic heterocycles. The Kier molecular flexibility index (Phi) is 11.3. The van der Waals surface area contributed by atoms with Crippen LogP contribution < -0.4 is 0 Å². The van der Waals surface area contributed by atoms with Gasteiger partial charge in [0.25, 0.3) is 0 Å². The number of benzene rings is 4. The van der Waals surface area contributed by atoms with Crippen LogP contribution in [0.2, 0.25) is 0 Å². The molecular weight excluding hydrogens is 532 g/mol. The van der Waals surface area contributed by atoms with Gasteiger partial charge in [-0.05, 0) is 22.3 Å². The summed E-state index contributed by atoms with van der Waals surface area (Å²) in [7, 11) is 0. The molecule has 0 bridgehead atoms. The van der Waals surface area contributed by atoms with Crippen molar-refractivity contribution in [1.82, 2.24) is 0 Å². The molecule has 0 radical (unpaired) electrons. The van der Waals surface area contributed by atoms with Gasteiger partial charge in [0.15, 0.2) is 6.29 Å². The van der Waals surface area contributed by atoms with Gasteiger partial charge in [-0.2, -0.15) is 0 Å². The van der Waals surface area contributed by atoms with E-state index >= 15 is 0 Å². The van der Waals surface area contributed by atoms with Crippen LogP contribution in [-0.2, 0) is 50.1 Å². The minimum Gasteiger partial charge on any atom is -0.388 e. The zero-order valence-electron chi connectivity index (χ0n) is 23.5. The molecule has 6 atom stereocenters. The molecule has 1 fully saturated rings. The molecule has 1 saturated heterocycles. The van der Waals surface area contributed by atoms with Gasteiger partial charge in [0, 0.05) is 0 Å². The molecule has 4 aromatic rings. The predicted molar refractivity (Wildman–Crippen MR) is 158 cm³/mol. The fourth-order valence-corrected chi connectivity index (χ4v) is 4.98. The van der Waals surface area contributed by atoms with Gasteiger partial charge >= 0.3 is 0 Å². The predicted octanol–water partition coefficient (Wildman–Crippen LogP) is 5.04. The topological polar surface area (TPSA) is 86.6 Å². The Morgan fingerprint density at radius 2 is 0.905 bits per heavy atom. The van der Waals surface area contributed by atoms with Crippen molar-refractivity contribution in [2.24, 2.45) is 0 Å². The molecule has 2 N–H and O–H groups in total. The van der Waals surface area contributed by atoms with Crippen LogP contribution in [0.3, 0.4) is 0 Å². The molecule has 5 rings (SSSR count). The first-order valence-electron chi connectivity index (χ1n) is 14.3. The highest BCUT2D eigenvalue weighted by molar-refractivity contribution is 5.16. The molecular formula is C35H38O7. The number of hydrogen-bond acceptors (Lipinski definition) is 7. The Morgan fingerprint density at radius 3 is 1.36 bits per heavy atom. The molecule has 1 aliphatic rings. The Hall–Kier alpha value is -3.40. The van der Waals surface area contributed by atoms with E-state index in [1.807, 2.05) is 121 Å². The Bertz CT molecular complexity index is 1290. The van der Waals surface area contributed by atoms with Crippen LogP contribution >= 0.6 is 0 Å². The normalized spacial score (nSPS) is 23.0. The van der Waals surface area contributed by atoms with E-state index in [1.54, 1.807) is 0 Å². The van der Waals surface area contributed by atoms with Crippen molar-refractivity contribution in [3.05, 3.63) is 144 Å². The van der Waals surface area contributed by atoms with Gasteiger partial charge in [-0.3, -0.25) is 0 Å². The third-order valence-electron chi connectivity index (χ3n) is 7.18. The molecule has 0 spiro atoms. The summed E-state index contributed by atoms with van der Waals surface area (Å²) >= 11 is 0. The second-order valence-electron chi connectivity index (χ2n) is 10.3. The molecule has 0 aliphatic carbocycles. The van der Waals surface area contributed by atoms with Crippen LogP contribution in [0.25, 0.3) is 0 Å². The lowest BCUT2D eigenvalue weighted by Crippen LogP contribution is -2.63. The molecule has 0 saturated carbocycles. The summed E-state index contributed by atoms with van der Waals surface area (Å²) in [6, 6.07) is 39.0. The van der Waals surface area contributed by atoms with E-state index in [0.717, 1.165) is 22.3 Å². The summed E-state index contributed by atoms with van der Waals surface area (Å²) in [6.07, 6.45) is -5.79. The molecule has 0 unspecified atom stereocenters. The van der Waals surface area contributed by atoms with E-state index < -0.39 is 36.8 Å². The van der Waals surface area contributed by atoms with E-state index in [0.29, 0.717) is 6.61 Å². The first-order valence-corrected chi connectivity index (χ1v) is 14.3. The fraction of sp³-hybridized carbons (Fsp3) is 0.314. The van der Waals surface area contributed by atoms with Gasteiger partial charge in [0.2, 0.25) is 0 Å². The Morgan fingerprint density at radius 1 is 0.524 bits per heavy atom. The first-order chi connectivity index (χ1) is 20.7. The number of aliphatic hydroxyl groups is 2. The average Bonchev–Trinajstić information content (AvgIpc) is 3.04. The largest absolute Gasteiger partial charge is 0.388 e. The van der Waals surface area contributed by atoms with E-state index in [9.17, 15) is 10.2 Å². The lowest BCUT2D eigenvalue weighted by atomic mass is 9.94. The highest BCUT2D eigenvalue weighted by Gasteiger charge is 2.50. The molecule has 7 heteroatoms. The Labute approximate surface area is 247 Å². The van der Waals surface area contributed by atoms with Gasteiger partial charge in [-0.25, -0.2) is 0 Å². The second kappa shape index (κ2) is 15.7. The minimum atomic E-state index is -1.36. The number of aliphatic hydroxyl groups excluding tert-OH is 2. The van der Waals surface area contributed by atoms with E-state index in [1.165, 1.54) is 0 Å². The van der Waals surface area contributed by atoms with E-state index in [2.05, 4.69) is 0 Å². The van der Waals surface area contributed by atoms with E-state index in [-0.39, 0.29) is 26.4 Å². The van der Waals surface area contributed by atoms with Gasteiger partial charge in [-0.1, -0.05) is 121 Å². The van der Waals surface area contributed by atoms with Crippen molar-refractivity contribution in [2.75, 3.05) is 6.61 Å². The summed E-state index contributed by atoms with van der Waals surface area (Å²) in [4.78, 5) is 0. The third kappa shape index (κ3) is 8.56. The Balaban J connectivity index is 1.36. The first kappa shape index (κ1) is 30.1. The van der Waals surface area contributed by atoms with Crippen LogP contribution in [0.15, 0.2) is 121 Å². The SMILES string of the molecule is O[C@H](COCc1ccccc1)[C@H]1O[C@H](O)[C@H](OCc2ccccc2)[C@@H](OCc2ccccc2)[C@@H]1OCc1ccccc1. The fourth-order valence-electron chi connectivity index (χ4n) is 4.98. The van der Waals surface area contributed by atoms with Crippen molar-refractivity contribution in [3.8, 4) is 0 Å². The zero-order chi connectivity index (χ0) is 29.0. The van der Waals surface area contributed by atoms with Crippen molar-refractivity contribution in [3.63, 3.8) is 0 Å². The van der Waals surface area contributed by atoms with Crippen molar-refractivity contribution in [1.29, 1.82) is 0 Å². The molecule has 7 nitrogen and oxygen atoms in total. The quantitative estimate of drug-likeness (QED) is 0.220. The van der Waals surface area contributed by atoms with Crippen LogP contribution in [0, 0.1) is 0 Å². The van der Waals surface area contributed by atoms with Crippen molar-refractivity contribution < 1.29 is 33.9 Å². The smallest absolute Gasteiger partial charge is 0.184 e. The van der Waals surface area contributed by atoms with Crippen LogP contribution in [-0.4, -0.2) is 53.6 Å². The van der Waals surface area contributed by atoms with Crippen molar-refractivity contribution in [2.45, 2.75) is 63.2 Å². The maximum absolute atomic E-state index is 11.3. The summed E-state index contributed by atoms with van der Waals surface area (Å²) in [5, 5.41) is 22.5. The summed E-state index contributed by atoms with van der Waals surface area (Å²) in [6.45, 7) is 1.09. The average molecular weight is 571 g/mol. The monoisotopic (exact) mass is 570 g/mol. The van der Waals surface area contributed by atoms with Gasteiger partial charge in [-0.15, -0.1) is 0 Å². The molecule has 1 heterocycles. The van der Waals surface area contributed by atoms with Crippen LogP contribution in [0.4, 0.5) is 0 Å². The zero-order valence-corrected chi connectivity index (χ0v) is 23.5. The molecule has 1 aliphatic heterocycles. The van der Waals surface area contributed by atoms with Gasteiger partial charge in [0.05, 0.1) is 33.0 Å². The molecule has 4 aromatic carbocycles. The number of hydrogen-bond donors (Lipinski definition) is 2. The molecule has 220 valence electrons. The van der Waals surface area contributed by atoms with Crippen LogP contribution in [0.5, 0.6) is 0 Å². The lowest BCUT2D eigenvalue weighted by Gasteiger charge is -2.45. The number of rotatable bonds is 14. The highest BCUT2D eigenvalue weighted by Crippen LogP contribution is 2.31. The minimum absolute atomic E-state index is 0.0155. The third-order valence-corrected chi connectivity index (χ3v) is 7.18.